The molecule has 2 aromatic rings. The molecule has 0 aromatic heterocycles. The number of benzene rings is 2. The number of imide groups is 2. The zero-order valence-corrected chi connectivity index (χ0v) is 29.3. The van der Waals surface area contributed by atoms with Crippen molar-refractivity contribution in [1.29, 1.82) is 5.26 Å². The first-order valence-corrected chi connectivity index (χ1v) is 17.1. The first-order valence-electron chi connectivity index (χ1n) is 17.1. The average Bonchev–Trinajstić information content (AvgIpc) is 3.92. The number of fused-ring (bicyclic) bond motifs is 10. The maximum atomic E-state index is 13.3. The molecular formula is C38H30F6N4O8. The Labute approximate surface area is 314 Å². The van der Waals surface area contributed by atoms with E-state index in [1.165, 1.54) is 6.07 Å². The van der Waals surface area contributed by atoms with E-state index in [-0.39, 0.29) is 37.4 Å². The van der Waals surface area contributed by atoms with Crippen molar-refractivity contribution in [1.82, 2.24) is 0 Å². The lowest BCUT2D eigenvalue weighted by atomic mass is 9.71. The maximum Gasteiger partial charge on any atom is 0.417 e. The minimum atomic E-state index is -4.81. The molecule has 18 heteroatoms. The molecule has 2 N–H and O–H groups in total. The van der Waals surface area contributed by atoms with Gasteiger partial charge in [0.05, 0.1) is 69.9 Å². The minimum absolute atomic E-state index is 0.0916. The van der Waals surface area contributed by atoms with Crippen LogP contribution >= 0.6 is 0 Å². The molecule has 6 heterocycles. The van der Waals surface area contributed by atoms with Gasteiger partial charge in [0, 0.05) is 31.7 Å². The fourth-order valence-corrected chi connectivity index (χ4v) is 9.14. The van der Waals surface area contributed by atoms with Gasteiger partial charge in [0.2, 0.25) is 23.6 Å². The summed E-state index contributed by atoms with van der Waals surface area (Å²) < 4.78 is 91.6. The first kappa shape index (κ1) is 38.9. The molecular weight excluding hydrogens is 754 g/mol. The number of anilines is 2. The van der Waals surface area contributed by atoms with Crippen LogP contribution in [-0.2, 0) is 41.0 Å². The second kappa shape index (κ2) is 12.6. The summed E-state index contributed by atoms with van der Waals surface area (Å²) in [7, 11) is 0. The summed E-state index contributed by atoms with van der Waals surface area (Å²) in [6.07, 6.45) is -2.78. The highest BCUT2D eigenvalue weighted by Gasteiger charge is 2.73. The molecule has 0 aliphatic carbocycles. The van der Waals surface area contributed by atoms with Crippen molar-refractivity contribution in [3.8, 4) is 6.07 Å². The number of alkyl halides is 6. The van der Waals surface area contributed by atoms with Crippen LogP contribution < -0.4 is 9.80 Å². The highest BCUT2D eigenvalue weighted by atomic mass is 19.4. The van der Waals surface area contributed by atoms with Crippen molar-refractivity contribution in [2.24, 2.45) is 23.7 Å². The van der Waals surface area contributed by atoms with Gasteiger partial charge in [-0.3, -0.25) is 19.2 Å². The first-order chi connectivity index (χ1) is 26.2. The summed E-state index contributed by atoms with van der Waals surface area (Å²) in [4.78, 5) is 56.6. The molecule has 6 aliphatic rings. The Kier molecular flexibility index (Phi) is 8.71. The van der Waals surface area contributed by atoms with E-state index in [0.29, 0.717) is 12.1 Å². The molecule has 2 aromatic carbocycles. The predicted octanol–water partition coefficient (Wildman–Crippen LogP) is 5.00. The van der Waals surface area contributed by atoms with Crippen LogP contribution in [0.4, 0.5) is 43.4 Å². The third-order valence-corrected chi connectivity index (χ3v) is 11.5. The number of ether oxygens (including phenoxy) is 2. The Morgan fingerprint density at radius 1 is 0.714 bits per heavy atom. The van der Waals surface area contributed by atoms with Gasteiger partial charge in [-0.1, -0.05) is 30.4 Å². The van der Waals surface area contributed by atoms with E-state index in [9.17, 15) is 55.7 Å². The Hall–Kier alpha value is -5.40. The number of amides is 4. The highest BCUT2D eigenvalue weighted by Crippen LogP contribution is 2.60. The summed E-state index contributed by atoms with van der Waals surface area (Å²) >= 11 is 0. The molecule has 12 nitrogen and oxygen atoms in total. The molecule has 8 atom stereocenters. The topological polar surface area (TPSA) is 162 Å². The van der Waals surface area contributed by atoms with Crippen LogP contribution in [0.1, 0.15) is 43.4 Å². The molecule has 4 unspecified atom stereocenters. The smallest absolute Gasteiger partial charge is 0.396 e. The number of rotatable bonds is 6. The Bertz CT molecular complexity index is 2090. The molecule has 8 rings (SSSR count). The lowest BCUT2D eigenvalue weighted by Crippen LogP contribution is -2.41. The summed E-state index contributed by atoms with van der Waals surface area (Å²) in [5.41, 5.74) is -8.53. The zero-order valence-electron chi connectivity index (χ0n) is 29.3. The molecule has 56 heavy (non-hydrogen) atoms. The quantitative estimate of drug-likeness (QED) is 0.178. The molecule has 4 saturated heterocycles. The molecule has 0 radical (unpaired) electrons. The Balaban J connectivity index is 0.000000172. The summed E-state index contributed by atoms with van der Waals surface area (Å²) in [5.74, 6) is -6.25. The lowest BCUT2D eigenvalue weighted by molar-refractivity contribution is -0.138. The van der Waals surface area contributed by atoms with Crippen molar-refractivity contribution in [2.45, 2.75) is 61.4 Å². The van der Waals surface area contributed by atoms with Crippen LogP contribution in [-0.4, -0.2) is 69.5 Å². The van der Waals surface area contributed by atoms with Crippen molar-refractivity contribution < 1.29 is 65.2 Å². The maximum absolute atomic E-state index is 13.3. The number of aliphatic hydroxyl groups excluding tert-OH is 2. The molecule has 4 fully saturated rings. The number of hydrogen-bond donors (Lipinski definition) is 2. The van der Waals surface area contributed by atoms with Gasteiger partial charge in [0.25, 0.3) is 0 Å². The van der Waals surface area contributed by atoms with Crippen molar-refractivity contribution in [2.75, 3.05) is 23.0 Å². The van der Waals surface area contributed by atoms with Crippen LogP contribution in [0, 0.1) is 41.6 Å². The van der Waals surface area contributed by atoms with E-state index in [1.54, 1.807) is 38.2 Å². The number of halogens is 6. The van der Waals surface area contributed by atoms with Gasteiger partial charge in [-0.05, 0) is 44.2 Å². The second-order valence-corrected chi connectivity index (χ2v) is 14.7. The van der Waals surface area contributed by atoms with E-state index in [2.05, 4.69) is 4.85 Å². The summed E-state index contributed by atoms with van der Waals surface area (Å²) in [6.45, 7) is 9.65. The van der Waals surface area contributed by atoms with Crippen LogP contribution in [0.25, 0.3) is 4.85 Å². The summed E-state index contributed by atoms with van der Waals surface area (Å²) in [5, 5.41) is 27.7. The highest BCUT2D eigenvalue weighted by molar-refractivity contribution is 6.24. The van der Waals surface area contributed by atoms with Gasteiger partial charge >= 0.3 is 12.4 Å². The largest absolute Gasteiger partial charge is 0.417 e. The third kappa shape index (κ3) is 5.42. The van der Waals surface area contributed by atoms with E-state index >= 15 is 0 Å². The van der Waals surface area contributed by atoms with E-state index in [0.717, 1.165) is 34.1 Å². The van der Waals surface area contributed by atoms with Crippen LogP contribution in [0.3, 0.4) is 0 Å². The number of nitriles is 1. The SMILES string of the molecule is CC12C=CC(CCO)(O1)[C@H]1C(=O)N(c3ccc(C#N)c(C(F)(F)F)c3)C(=O)[C@H]12.[C-]#[N+]c1ccc(N2C(=O)[C@@H]3[C@H](C2=O)C2(C)C=CC3(CCO)O2)cc1C(F)(F)F. The molecule has 0 saturated carbocycles. The van der Waals surface area contributed by atoms with Gasteiger partial charge in [0.15, 0.2) is 5.69 Å². The summed E-state index contributed by atoms with van der Waals surface area (Å²) in [6, 6.07) is 6.99. The minimum Gasteiger partial charge on any atom is -0.396 e. The fraction of sp³-hybridized carbons (Fsp3) is 0.421. The van der Waals surface area contributed by atoms with Gasteiger partial charge < -0.3 is 19.7 Å². The van der Waals surface area contributed by atoms with Gasteiger partial charge in [-0.25, -0.2) is 14.6 Å². The molecule has 0 spiro atoms. The number of carbonyl (C=O) groups is 4. The predicted molar refractivity (Wildman–Crippen MR) is 179 cm³/mol. The van der Waals surface area contributed by atoms with Crippen LogP contribution in [0.2, 0.25) is 0 Å². The van der Waals surface area contributed by atoms with Gasteiger partial charge in [-0.2, -0.15) is 31.6 Å². The van der Waals surface area contributed by atoms with E-state index < -0.39 is 104 Å². The number of aliphatic hydroxyl groups is 2. The molecule has 6 aliphatic heterocycles. The van der Waals surface area contributed by atoms with E-state index in [4.69, 9.17) is 21.3 Å². The van der Waals surface area contributed by atoms with Crippen molar-refractivity contribution in [3.05, 3.63) is 88.8 Å². The van der Waals surface area contributed by atoms with Crippen LogP contribution in [0.5, 0.6) is 0 Å². The molecule has 4 bridgehead atoms. The zero-order chi connectivity index (χ0) is 41.0. The number of carbonyl (C=O) groups excluding carboxylic acids is 4. The third-order valence-electron chi connectivity index (χ3n) is 11.5. The fourth-order valence-electron chi connectivity index (χ4n) is 9.14. The standard InChI is InChI=1S/2C19H15F3N2O4/c1-17-5-6-18(28-17,7-8-25)14-13(17)15(26)24(16(14)27)10-3-4-12(23-2)11(9-10)19(20,21)22;1-17-4-5-18(28-17,6-7-25)14-13(17)15(26)24(16(14)27)11-3-2-10(9-23)12(8-11)19(20,21)22/h3-6,9,13-14,25H,7-8H2,1H3;2-5,8,13-14,25H,6-7H2,1H3/t2*13-,14+,17?,18?/m10/s1. The Morgan fingerprint density at radius 2 is 1.12 bits per heavy atom. The second-order valence-electron chi connectivity index (χ2n) is 14.7. The van der Waals surface area contributed by atoms with Crippen LogP contribution in [0.15, 0.2) is 60.7 Å². The molecule has 4 amide bonds. The average molecular weight is 785 g/mol. The molecule has 292 valence electrons. The monoisotopic (exact) mass is 784 g/mol. The normalized spacial score (nSPS) is 33.5. The Morgan fingerprint density at radius 3 is 1.52 bits per heavy atom. The lowest BCUT2D eigenvalue weighted by Gasteiger charge is -2.28. The van der Waals surface area contributed by atoms with E-state index in [1.807, 2.05) is 0 Å². The van der Waals surface area contributed by atoms with Gasteiger partial charge in [0.1, 0.15) is 11.2 Å². The number of nitrogens with zero attached hydrogens (tertiary/aromatic N) is 4. The van der Waals surface area contributed by atoms with Crippen molar-refractivity contribution in [3.63, 3.8) is 0 Å². The number of hydrogen-bond acceptors (Lipinski definition) is 9. The van der Waals surface area contributed by atoms with Gasteiger partial charge in [-0.15, -0.1) is 0 Å². The van der Waals surface area contributed by atoms with Crippen molar-refractivity contribution >= 4 is 40.7 Å².